The lowest BCUT2D eigenvalue weighted by molar-refractivity contribution is -0.659. The molecule has 1 aromatic heterocycles. The molecule has 0 unspecified atom stereocenters. The third-order valence-electron chi connectivity index (χ3n) is 7.59. The number of hydrogen-bond donors (Lipinski definition) is 0. The topological polar surface area (TPSA) is 40.8 Å². The molecule has 0 atom stereocenters. The van der Waals surface area contributed by atoms with Crippen molar-refractivity contribution in [3.63, 3.8) is 0 Å². The number of ether oxygens (including phenoxy) is 4. The fraction of sp³-hybridized carbons (Fsp3) is 0.233. The fourth-order valence-electron chi connectivity index (χ4n) is 6.08. The van der Waals surface area contributed by atoms with E-state index < -0.39 is 0 Å². The van der Waals surface area contributed by atoms with E-state index in [0.717, 1.165) is 58.7 Å². The minimum absolute atomic E-state index is 0. The van der Waals surface area contributed by atoms with Gasteiger partial charge in [-0.05, 0) is 66.1 Å². The molecule has 2 aliphatic rings. The van der Waals surface area contributed by atoms with Crippen LogP contribution in [0, 0.1) is 0 Å². The minimum atomic E-state index is 0. The van der Waals surface area contributed by atoms with Crippen LogP contribution in [0.1, 0.15) is 18.1 Å². The first-order valence-corrected chi connectivity index (χ1v) is 12.6. The highest BCUT2D eigenvalue weighted by atomic mass is 79.9. The summed E-state index contributed by atoms with van der Waals surface area (Å²) in [5, 5.41) is 6.51. The predicted octanol–water partition coefficient (Wildman–Crippen LogP) is 3.62. The van der Waals surface area contributed by atoms with Gasteiger partial charge < -0.3 is 35.9 Å². The molecular weight excluding hydrogens is 554 g/mol. The number of fused-ring (bicyclic) bond motifs is 4. The van der Waals surface area contributed by atoms with Gasteiger partial charge in [0.05, 0.1) is 25.0 Å². The minimum Gasteiger partial charge on any atom is -1.00 e. The van der Waals surface area contributed by atoms with Crippen molar-refractivity contribution in [1.29, 1.82) is 0 Å². The number of rotatable bonds is 4. The average molecular weight is 579 g/mol. The number of hydrogen-bond acceptors (Lipinski definition) is 4. The lowest BCUT2D eigenvalue weighted by Crippen LogP contribution is -3.00. The lowest BCUT2D eigenvalue weighted by atomic mass is 9.87. The average Bonchev–Trinajstić information content (AvgIpc) is 3.39. The number of nitrogens with zero attached hydrogens (tertiary/aromatic N) is 1. The summed E-state index contributed by atoms with van der Waals surface area (Å²) in [6, 6.07) is 16.7. The SMILES string of the molecule is CCc1cc2c3ccc(OC)c(OC)c3c(-c3ccc(Cl)cc3)[n+]3c2c2c(cc4c(c12)OCO4)CC3.[Br-]. The summed E-state index contributed by atoms with van der Waals surface area (Å²) >= 11 is 6.29. The Morgan fingerprint density at radius 1 is 0.919 bits per heavy atom. The molecule has 0 saturated carbocycles. The summed E-state index contributed by atoms with van der Waals surface area (Å²) in [4.78, 5) is 0. The maximum Gasteiger partial charge on any atom is 0.231 e. The Balaban J connectivity index is 0.00000252. The van der Waals surface area contributed by atoms with Crippen molar-refractivity contribution in [3.8, 4) is 34.3 Å². The second-order valence-electron chi connectivity index (χ2n) is 9.29. The Morgan fingerprint density at radius 3 is 2.46 bits per heavy atom. The highest BCUT2D eigenvalue weighted by Gasteiger charge is 2.35. The third kappa shape index (κ3) is 3.32. The zero-order valence-electron chi connectivity index (χ0n) is 20.8. The standard InChI is InChI=1S/C30H25ClNO4.BrH/c1-4-16-13-21-20-9-10-22(33-2)29(34-3)26(20)27(17-5-7-19(31)8-6-17)32-12-11-18-14-23-30(36-15-35-23)25(16)24(18)28(21)32;/h5-10,13-14H,4,11-12,15H2,1-3H3;1H/q+1;/p-1. The van der Waals surface area contributed by atoms with Crippen LogP contribution >= 0.6 is 11.6 Å². The van der Waals surface area contributed by atoms with Crippen LogP contribution < -0.4 is 40.5 Å². The van der Waals surface area contributed by atoms with Gasteiger partial charge in [-0.2, -0.15) is 4.57 Å². The van der Waals surface area contributed by atoms with E-state index in [9.17, 15) is 0 Å². The zero-order valence-corrected chi connectivity index (χ0v) is 23.1. The summed E-state index contributed by atoms with van der Waals surface area (Å²) in [6.07, 6.45) is 1.78. The molecule has 5 nitrogen and oxygen atoms in total. The first-order chi connectivity index (χ1) is 17.6. The molecule has 37 heavy (non-hydrogen) atoms. The van der Waals surface area contributed by atoms with Gasteiger partial charge >= 0.3 is 0 Å². The molecule has 7 heteroatoms. The summed E-state index contributed by atoms with van der Waals surface area (Å²) in [7, 11) is 3.39. The van der Waals surface area contributed by atoms with Crippen LogP contribution in [0.15, 0.2) is 48.5 Å². The number of pyridine rings is 1. The molecule has 0 bridgehead atoms. The molecule has 3 heterocycles. The van der Waals surface area contributed by atoms with Crippen LogP contribution in [0.5, 0.6) is 23.0 Å². The van der Waals surface area contributed by atoms with E-state index in [2.05, 4.69) is 41.8 Å². The molecule has 5 aromatic rings. The smallest absolute Gasteiger partial charge is 0.231 e. The third-order valence-corrected chi connectivity index (χ3v) is 7.84. The van der Waals surface area contributed by atoms with Gasteiger partial charge in [0.2, 0.25) is 18.0 Å². The van der Waals surface area contributed by atoms with Crippen LogP contribution in [-0.2, 0) is 19.4 Å². The first kappa shape index (κ1) is 24.1. The molecule has 7 rings (SSSR count). The van der Waals surface area contributed by atoms with Gasteiger partial charge in [-0.3, -0.25) is 0 Å². The van der Waals surface area contributed by atoms with E-state index in [1.165, 1.54) is 32.8 Å². The van der Waals surface area contributed by atoms with Crippen molar-refractivity contribution >= 4 is 44.0 Å². The van der Waals surface area contributed by atoms with E-state index in [-0.39, 0.29) is 23.8 Å². The summed E-state index contributed by atoms with van der Waals surface area (Å²) < 4.78 is 26.0. The lowest BCUT2D eigenvalue weighted by Gasteiger charge is -2.22. The van der Waals surface area contributed by atoms with Crippen LogP contribution in [0.2, 0.25) is 5.02 Å². The van der Waals surface area contributed by atoms with Crippen molar-refractivity contribution in [1.82, 2.24) is 0 Å². The maximum absolute atomic E-state index is 6.29. The van der Waals surface area contributed by atoms with Gasteiger partial charge in [0.1, 0.15) is 5.39 Å². The molecule has 0 spiro atoms. The summed E-state index contributed by atoms with van der Waals surface area (Å²) in [6.45, 7) is 3.29. The molecule has 188 valence electrons. The molecule has 0 N–H and O–H groups in total. The normalized spacial score (nSPS) is 13.4. The molecule has 4 aromatic carbocycles. The van der Waals surface area contributed by atoms with Gasteiger partial charge in [-0.1, -0.05) is 18.5 Å². The Hall–Kier alpha value is -3.22. The number of aromatic nitrogens is 1. The highest BCUT2D eigenvalue weighted by molar-refractivity contribution is 6.30. The van der Waals surface area contributed by atoms with Crippen molar-refractivity contribution in [2.45, 2.75) is 26.3 Å². The number of halogens is 2. The number of methoxy groups -OCH3 is 2. The van der Waals surface area contributed by atoms with Crippen LogP contribution in [-0.4, -0.2) is 21.0 Å². The Morgan fingerprint density at radius 2 is 1.73 bits per heavy atom. The van der Waals surface area contributed by atoms with Gasteiger partial charge in [0, 0.05) is 27.8 Å². The van der Waals surface area contributed by atoms with Crippen molar-refractivity contribution in [3.05, 3.63) is 64.7 Å². The van der Waals surface area contributed by atoms with E-state index in [1.807, 2.05) is 18.2 Å². The highest BCUT2D eigenvalue weighted by Crippen LogP contribution is 2.49. The molecule has 0 aliphatic carbocycles. The predicted molar refractivity (Wildman–Crippen MR) is 142 cm³/mol. The van der Waals surface area contributed by atoms with Gasteiger partial charge in [-0.25, -0.2) is 0 Å². The Bertz CT molecular complexity index is 1730. The molecule has 0 radical (unpaired) electrons. The summed E-state index contributed by atoms with van der Waals surface area (Å²) in [5.74, 6) is 3.16. The molecule has 0 amide bonds. The van der Waals surface area contributed by atoms with E-state index >= 15 is 0 Å². The molecule has 2 aliphatic heterocycles. The maximum atomic E-state index is 6.29. The van der Waals surface area contributed by atoms with Crippen LogP contribution in [0.3, 0.4) is 0 Å². The van der Waals surface area contributed by atoms with E-state index in [0.29, 0.717) is 10.8 Å². The van der Waals surface area contributed by atoms with Crippen molar-refractivity contribution in [2.24, 2.45) is 0 Å². The molecule has 0 fully saturated rings. The van der Waals surface area contributed by atoms with Crippen molar-refractivity contribution in [2.75, 3.05) is 21.0 Å². The number of aryl methyl sites for hydroxylation is 3. The monoisotopic (exact) mass is 577 g/mol. The quantitative estimate of drug-likeness (QED) is 0.241. The van der Waals surface area contributed by atoms with Crippen LogP contribution in [0.4, 0.5) is 0 Å². The van der Waals surface area contributed by atoms with Gasteiger partial charge in [-0.15, -0.1) is 0 Å². The fourth-order valence-corrected chi connectivity index (χ4v) is 6.21. The summed E-state index contributed by atoms with van der Waals surface area (Å²) in [5.41, 5.74) is 5.95. The van der Waals surface area contributed by atoms with Gasteiger partial charge in [0.15, 0.2) is 29.5 Å². The number of benzene rings is 4. The Labute approximate surface area is 230 Å². The second-order valence-corrected chi connectivity index (χ2v) is 9.72. The second kappa shape index (κ2) is 8.96. The van der Waals surface area contributed by atoms with Crippen LogP contribution in [0.25, 0.3) is 43.7 Å². The largest absolute Gasteiger partial charge is 1.00 e. The molecular formula is C30H25BrClNO4. The zero-order chi connectivity index (χ0) is 24.6. The molecule has 0 saturated heterocycles. The first-order valence-electron chi connectivity index (χ1n) is 12.2. The van der Waals surface area contributed by atoms with Gasteiger partial charge in [0.25, 0.3) is 0 Å². The Kier molecular flexibility index (Phi) is 5.85. The van der Waals surface area contributed by atoms with E-state index in [4.69, 9.17) is 30.5 Å². The van der Waals surface area contributed by atoms with Crippen molar-refractivity contribution < 1.29 is 40.5 Å². The van der Waals surface area contributed by atoms with E-state index in [1.54, 1.807) is 14.2 Å².